The molecule has 0 radical (unpaired) electrons. The molecule has 1 aromatic carbocycles. The fourth-order valence-electron chi connectivity index (χ4n) is 4.46. The number of nitrogen functional groups attached to an aromatic ring is 1. The van der Waals surface area contributed by atoms with E-state index >= 15 is 0 Å². The van der Waals surface area contributed by atoms with Crippen molar-refractivity contribution >= 4 is 23.6 Å². The molecule has 0 spiro atoms. The molecule has 10 heteroatoms. The number of likely N-dealkylation sites (N-methyl/N-ethyl adjacent to an activating group) is 1. The molecule has 2 rings (SSSR count). The lowest BCUT2D eigenvalue weighted by Crippen LogP contribution is -2.38. The largest absolute Gasteiger partial charge is 0.469 e. The first kappa shape index (κ1) is 32.0. The number of nitrogens with two attached hydrogens (primary N) is 1. The molecule has 0 aliphatic carbocycles. The number of aliphatic hydroxyl groups excluding tert-OH is 1. The van der Waals surface area contributed by atoms with Crippen molar-refractivity contribution in [2.45, 2.75) is 71.4 Å². The Morgan fingerprint density at radius 2 is 1.79 bits per heavy atom. The fourth-order valence-corrected chi connectivity index (χ4v) is 4.46. The van der Waals surface area contributed by atoms with Crippen molar-refractivity contribution in [3.63, 3.8) is 0 Å². The Bertz CT molecular complexity index is 1040. The molecular weight excluding hydrogens is 496 g/mol. The van der Waals surface area contributed by atoms with Crippen molar-refractivity contribution in [2.24, 2.45) is 0 Å². The molecule has 0 bridgehead atoms. The van der Waals surface area contributed by atoms with E-state index in [0.717, 1.165) is 48.1 Å². The van der Waals surface area contributed by atoms with Crippen LogP contribution in [0.3, 0.4) is 0 Å². The second-order valence-electron chi connectivity index (χ2n) is 10.2. The number of methoxy groups -OCH3 is 1. The Balaban J connectivity index is 2.15. The lowest BCUT2D eigenvalue weighted by Gasteiger charge is -2.25. The summed E-state index contributed by atoms with van der Waals surface area (Å²) in [6.45, 7) is 5.53. The summed E-state index contributed by atoms with van der Waals surface area (Å²) in [6.07, 6.45) is 5.32. The van der Waals surface area contributed by atoms with Crippen LogP contribution in [0.25, 0.3) is 0 Å². The minimum Gasteiger partial charge on any atom is -0.469 e. The summed E-state index contributed by atoms with van der Waals surface area (Å²) in [5, 5.41) is 13.0. The fraction of sp³-hybridized carbons (Fsp3) is 0.586. The molecule has 1 heterocycles. The zero-order chi connectivity index (χ0) is 28.8. The third kappa shape index (κ3) is 11.2. The van der Waals surface area contributed by atoms with Crippen molar-refractivity contribution < 1.29 is 19.4 Å². The molecule has 0 saturated heterocycles. The van der Waals surface area contributed by atoms with Gasteiger partial charge in [0.25, 0.3) is 0 Å². The van der Waals surface area contributed by atoms with Crippen LogP contribution < -0.4 is 11.1 Å². The van der Waals surface area contributed by atoms with E-state index in [1.54, 1.807) is 0 Å². The average Bonchev–Trinajstić information content (AvgIpc) is 2.88. The van der Waals surface area contributed by atoms with Gasteiger partial charge in [0, 0.05) is 37.0 Å². The molecule has 4 N–H and O–H groups in total. The van der Waals surface area contributed by atoms with Gasteiger partial charge in [-0.25, -0.2) is 4.98 Å². The number of nitrogens with one attached hydrogen (secondary N) is 1. The number of carbonyl (C=O) groups excluding carboxylic acids is 2. The quantitative estimate of drug-likeness (QED) is 0.258. The summed E-state index contributed by atoms with van der Waals surface area (Å²) in [5.74, 6) is 0.691. The number of anilines is 2. The van der Waals surface area contributed by atoms with Crippen LogP contribution in [0.4, 0.5) is 11.8 Å². The number of ether oxygens (including phenoxy) is 1. The average molecular weight is 543 g/mol. The van der Waals surface area contributed by atoms with Crippen LogP contribution in [0.15, 0.2) is 24.3 Å². The van der Waals surface area contributed by atoms with Gasteiger partial charge in [-0.05, 0) is 57.8 Å². The summed E-state index contributed by atoms with van der Waals surface area (Å²) in [7, 11) is 5.14. The molecule has 0 unspecified atom stereocenters. The van der Waals surface area contributed by atoms with Gasteiger partial charge < -0.3 is 30.7 Å². The number of aryl methyl sites for hydroxylation is 1. The molecule has 2 aromatic rings. The topological polar surface area (TPSA) is 134 Å². The maximum atomic E-state index is 13.1. The Labute approximate surface area is 233 Å². The van der Waals surface area contributed by atoms with Crippen molar-refractivity contribution in [1.29, 1.82) is 0 Å². The minimum absolute atomic E-state index is 0.0461. The normalized spacial score (nSPS) is 11.9. The number of carbonyl (C=O) groups is 2. The van der Waals surface area contributed by atoms with E-state index < -0.39 is 0 Å². The second-order valence-corrected chi connectivity index (χ2v) is 10.2. The lowest BCUT2D eigenvalue weighted by molar-refractivity contribution is -0.139. The highest BCUT2D eigenvalue weighted by Gasteiger charge is 2.18. The summed E-state index contributed by atoms with van der Waals surface area (Å²) in [6, 6.07) is 7.80. The number of unbranched alkanes of at least 4 members (excludes halogenated alkanes) is 1. The number of benzene rings is 1. The Hall–Kier alpha value is -3.24. The third-order valence-corrected chi connectivity index (χ3v) is 6.59. The van der Waals surface area contributed by atoms with E-state index in [9.17, 15) is 14.7 Å². The molecule has 39 heavy (non-hydrogen) atoms. The van der Waals surface area contributed by atoms with E-state index in [4.69, 9.17) is 10.5 Å². The first-order valence-corrected chi connectivity index (χ1v) is 13.7. The lowest BCUT2D eigenvalue weighted by atomic mass is 10.0. The smallest absolute Gasteiger partial charge is 0.309 e. The first-order chi connectivity index (χ1) is 18.7. The second kappa shape index (κ2) is 16.7. The zero-order valence-corrected chi connectivity index (χ0v) is 24.2. The van der Waals surface area contributed by atoms with Gasteiger partial charge in [-0.15, -0.1) is 0 Å². The van der Waals surface area contributed by atoms with Crippen molar-refractivity contribution in [3.8, 4) is 0 Å². The van der Waals surface area contributed by atoms with Crippen LogP contribution in [-0.4, -0.2) is 83.7 Å². The zero-order valence-electron chi connectivity index (χ0n) is 24.2. The Morgan fingerprint density at radius 1 is 1.10 bits per heavy atom. The van der Waals surface area contributed by atoms with Crippen molar-refractivity contribution in [3.05, 3.63) is 46.6 Å². The Kier molecular flexibility index (Phi) is 13.7. The molecule has 1 amide bonds. The summed E-state index contributed by atoms with van der Waals surface area (Å²) >= 11 is 0. The van der Waals surface area contributed by atoms with Gasteiger partial charge >= 0.3 is 5.97 Å². The van der Waals surface area contributed by atoms with Crippen LogP contribution >= 0.6 is 0 Å². The van der Waals surface area contributed by atoms with E-state index in [0.29, 0.717) is 38.3 Å². The highest BCUT2D eigenvalue weighted by atomic mass is 16.5. The molecule has 216 valence electrons. The van der Waals surface area contributed by atoms with Gasteiger partial charge in [0.1, 0.15) is 5.82 Å². The summed E-state index contributed by atoms with van der Waals surface area (Å²) in [4.78, 5) is 37.3. The van der Waals surface area contributed by atoms with Gasteiger partial charge in [-0.2, -0.15) is 4.98 Å². The van der Waals surface area contributed by atoms with Crippen molar-refractivity contribution in [2.75, 3.05) is 52.0 Å². The van der Waals surface area contributed by atoms with E-state index in [1.165, 1.54) is 7.11 Å². The molecular formula is C29H46N6O4. The summed E-state index contributed by atoms with van der Waals surface area (Å²) < 4.78 is 4.74. The maximum absolute atomic E-state index is 13.1. The standard InChI is InChI=1S/C29H46N6O4/c1-6-7-9-24(15-17-36)32-28-25(21(2)31-29(30)33-28)10-8-16-35(26(37)20-34(3)4)19-23-13-11-22(12-14-23)18-27(38)39-5/h11-14,24,36H,6-10,15-20H2,1-5H3,(H3,30,31,32,33)/t24-/m0/s1. The number of nitrogens with zero attached hydrogens (tertiary/aromatic N) is 4. The number of esters is 1. The third-order valence-electron chi connectivity index (χ3n) is 6.59. The molecule has 1 aromatic heterocycles. The number of amides is 1. The number of rotatable bonds is 17. The van der Waals surface area contributed by atoms with Crippen LogP contribution in [0.1, 0.15) is 61.4 Å². The first-order valence-electron chi connectivity index (χ1n) is 13.7. The predicted molar refractivity (Wildman–Crippen MR) is 154 cm³/mol. The molecule has 0 aliphatic rings. The molecule has 0 fully saturated rings. The molecule has 0 aliphatic heterocycles. The van der Waals surface area contributed by atoms with E-state index in [2.05, 4.69) is 22.2 Å². The van der Waals surface area contributed by atoms with Crippen LogP contribution in [-0.2, 0) is 33.7 Å². The van der Waals surface area contributed by atoms with Gasteiger partial charge in [0.15, 0.2) is 0 Å². The highest BCUT2D eigenvalue weighted by molar-refractivity contribution is 5.78. The van der Waals surface area contributed by atoms with Crippen molar-refractivity contribution in [1.82, 2.24) is 19.8 Å². The molecule has 0 saturated carbocycles. The Morgan fingerprint density at radius 3 is 2.41 bits per heavy atom. The van der Waals surface area contributed by atoms with Crippen LogP contribution in [0.2, 0.25) is 0 Å². The van der Waals surface area contributed by atoms with Gasteiger partial charge in [-0.3, -0.25) is 9.59 Å². The monoisotopic (exact) mass is 542 g/mol. The summed E-state index contributed by atoms with van der Waals surface area (Å²) in [5.41, 5.74) is 9.64. The predicted octanol–water partition coefficient (Wildman–Crippen LogP) is 2.96. The SMILES string of the molecule is CCCC[C@@H](CCO)Nc1nc(N)nc(C)c1CCCN(Cc1ccc(CC(=O)OC)cc1)C(=O)CN(C)C. The van der Waals surface area contributed by atoms with Crippen LogP contribution in [0, 0.1) is 6.92 Å². The molecule has 1 atom stereocenters. The maximum Gasteiger partial charge on any atom is 0.309 e. The molecule has 10 nitrogen and oxygen atoms in total. The van der Waals surface area contributed by atoms with Gasteiger partial charge in [0.05, 0.1) is 20.1 Å². The number of hydrogen-bond donors (Lipinski definition) is 3. The minimum atomic E-state index is -0.283. The number of aromatic nitrogens is 2. The van der Waals surface area contributed by atoms with E-state index in [1.807, 2.05) is 55.1 Å². The van der Waals surface area contributed by atoms with Gasteiger partial charge in [-0.1, -0.05) is 44.0 Å². The highest BCUT2D eigenvalue weighted by Crippen LogP contribution is 2.22. The van der Waals surface area contributed by atoms with E-state index in [-0.39, 0.29) is 36.9 Å². The van der Waals surface area contributed by atoms with Gasteiger partial charge in [0.2, 0.25) is 11.9 Å². The number of aliphatic hydroxyl groups is 1. The van der Waals surface area contributed by atoms with Crippen LogP contribution in [0.5, 0.6) is 0 Å². The number of hydrogen-bond acceptors (Lipinski definition) is 9.